The van der Waals surface area contributed by atoms with Crippen LogP contribution in [-0.2, 0) is 10.8 Å². The van der Waals surface area contributed by atoms with Crippen molar-refractivity contribution in [2.24, 2.45) is 0 Å². The van der Waals surface area contributed by atoms with Gasteiger partial charge >= 0.3 is 0 Å². The molecule has 0 saturated carbocycles. The van der Waals surface area contributed by atoms with Crippen molar-refractivity contribution < 1.29 is 0 Å². The number of unbranched alkanes of at least 4 members (excludes halogenated alkanes) is 20. The van der Waals surface area contributed by atoms with Crippen LogP contribution >= 0.6 is 0 Å². The van der Waals surface area contributed by atoms with Crippen LogP contribution in [0.4, 0.5) is 0 Å². The predicted molar refractivity (Wildman–Crippen MR) is 412 cm³/mol. The van der Waals surface area contributed by atoms with Crippen LogP contribution < -0.4 is 0 Å². The second-order valence-electron chi connectivity index (χ2n) is 29.3. The molecule has 0 saturated heterocycles. The summed E-state index contributed by atoms with van der Waals surface area (Å²) in [5.41, 5.74) is 25.2. The Morgan fingerprint density at radius 3 is 1.12 bits per heavy atom. The summed E-state index contributed by atoms with van der Waals surface area (Å²) in [6, 6.07) is 77.9. The molecule has 0 aromatic heterocycles. The lowest BCUT2D eigenvalue weighted by molar-refractivity contribution is 0.398. The number of hydrogen-bond acceptors (Lipinski definition) is 0. The molecule has 0 aliphatic heterocycles. The minimum Gasteiger partial charge on any atom is -0.0654 e. The second kappa shape index (κ2) is 30.0. The first-order valence-electron chi connectivity index (χ1n) is 37.8. The van der Waals surface area contributed by atoms with Gasteiger partial charge < -0.3 is 0 Å². The van der Waals surface area contributed by atoms with E-state index < -0.39 is 0 Å². The normalized spacial score (nSPS) is 13.5. The van der Waals surface area contributed by atoms with Gasteiger partial charge in [0.1, 0.15) is 0 Å². The zero-order chi connectivity index (χ0) is 64.4. The summed E-state index contributed by atoms with van der Waals surface area (Å²) >= 11 is 0. The molecule has 0 heteroatoms. The summed E-state index contributed by atoms with van der Waals surface area (Å²) in [6.45, 7) is 14.0. The second-order valence-corrected chi connectivity index (χ2v) is 29.3. The van der Waals surface area contributed by atoms with Gasteiger partial charge in [0.15, 0.2) is 0 Å². The lowest BCUT2D eigenvalue weighted by Gasteiger charge is -2.33. The minimum absolute atomic E-state index is 0.00659. The maximum Gasteiger partial charge on any atom is 0.0215 e. The Morgan fingerprint density at radius 1 is 0.223 bits per heavy atom. The molecular formula is C94H106. The third-order valence-corrected chi connectivity index (χ3v) is 22.8. The summed E-state index contributed by atoms with van der Waals surface area (Å²) in [5, 5.41) is 10.5. The number of fused-ring (bicyclic) bond motifs is 11. The van der Waals surface area contributed by atoms with Gasteiger partial charge in [0.2, 0.25) is 0 Å². The first-order valence-corrected chi connectivity index (χ1v) is 37.8. The third-order valence-electron chi connectivity index (χ3n) is 22.8. The molecule has 0 N–H and O–H groups in total. The molecule has 0 atom stereocenters. The van der Waals surface area contributed by atoms with E-state index in [0.29, 0.717) is 0 Å². The van der Waals surface area contributed by atoms with Crippen molar-refractivity contribution >= 4 is 43.1 Å². The maximum atomic E-state index is 2.72. The van der Waals surface area contributed by atoms with E-state index in [1.165, 1.54) is 301 Å². The van der Waals surface area contributed by atoms with Gasteiger partial charge in [-0.15, -0.1) is 0 Å². The highest BCUT2D eigenvalue weighted by Gasteiger charge is 2.44. The fourth-order valence-electron chi connectivity index (χ4n) is 17.6. The SMILES string of the molecule is CCCCCCCCC1(CCCCCCCC)c2cc(C)ccc2-c2ccc(-c3cc(-c4ccc5c(c4)C(CCCCCCCC)(CCCCCCCC)c4cc(-c6cccc7cc8c(C)cccc8cc67)ccc4-5)cc(-c4ccc5ccc6ccccc6c5c4)c3)cc21. The van der Waals surface area contributed by atoms with Crippen molar-refractivity contribution in [2.45, 2.75) is 232 Å². The molecule has 2 aliphatic carbocycles. The highest BCUT2D eigenvalue weighted by atomic mass is 14.5. The van der Waals surface area contributed by atoms with Gasteiger partial charge in [-0.2, -0.15) is 0 Å². The number of rotatable bonds is 32. The van der Waals surface area contributed by atoms with Crippen molar-refractivity contribution in [1.29, 1.82) is 0 Å². The molecule has 94 heavy (non-hydrogen) atoms. The van der Waals surface area contributed by atoms with Crippen LogP contribution in [-0.4, -0.2) is 0 Å². The van der Waals surface area contributed by atoms with Crippen LogP contribution in [0.2, 0.25) is 0 Å². The first kappa shape index (κ1) is 65.1. The van der Waals surface area contributed by atoms with Crippen molar-refractivity contribution in [2.75, 3.05) is 0 Å². The Kier molecular flexibility index (Phi) is 20.8. The molecule has 0 radical (unpaired) electrons. The molecule has 11 aromatic rings. The Labute approximate surface area is 566 Å². The smallest absolute Gasteiger partial charge is 0.0215 e. The molecular weight excluding hydrogens is 1130 g/mol. The van der Waals surface area contributed by atoms with E-state index in [-0.39, 0.29) is 10.8 Å². The van der Waals surface area contributed by atoms with Crippen LogP contribution in [0.15, 0.2) is 194 Å². The van der Waals surface area contributed by atoms with E-state index in [2.05, 4.69) is 236 Å². The lowest BCUT2D eigenvalue weighted by Crippen LogP contribution is -2.25. The van der Waals surface area contributed by atoms with Crippen LogP contribution in [0.3, 0.4) is 0 Å². The first-order chi connectivity index (χ1) is 46.2. The van der Waals surface area contributed by atoms with Crippen molar-refractivity contribution in [3.63, 3.8) is 0 Å². The average molecular weight is 1240 g/mol. The quantitative estimate of drug-likeness (QED) is 0.0224. The molecule has 2 aliphatic rings. The maximum absolute atomic E-state index is 2.72. The Hall–Kier alpha value is -7.54. The van der Waals surface area contributed by atoms with Crippen molar-refractivity contribution in [3.05, 3.63) is 228 Å². The van der Waals surface area contributed by atoms with E-state index in [1.54, 1.807) is 22.3 Å². The summed E-state index contributed by atoms with van der Waals surface area (Å²) in [4.78, 5) is 0. The molecule has 482 valence electrons. The molecule has 0 bridgehead atoms. The average Bonchev–Trinajstić information content (AvgIpc) is 1.56. The van der Waals surface area contributed by atoms with Crippen LogP contribution in [0, 0.1) is 13.8 Å². The van der Waals surface area contributed by atoms with Gasteiger partial charge in [0.05, 0.1) is 0 Å². The Balaban J connectivity index is 0.973. The summed E-state index contributed by atoms with van der Waals surface area (Å²) < 4.78 is 0. The molecule has 13 rings (SSSR count). The standard InChI is InChI=1S/C94H106/c1-7-11-15-19-23-29-53-93(54-30-24-20-16-12-8-2)89-57-67(5)41-49-82(89)83-50-46-72(64-90(83)93)78-58-77(71-45-44-70-43-42-69-36-27-28-39-80(69)87(70)61-71)59-79(60-78)73-47-51-84-85-52-48-76(81-40-34-38-75-62-86-68(6)35-33-37-74(86)63-88(75)81)66-92(85)94(91(84)65-73,55-31-25-21-17-13-9-3)56-32-26-22-18-14-10-4/h27-28,33-52,57-66H,7-26,29-32,53-56H2,1-6H3. The van der Waals surface area contributed by atoms with Crippen LogP contribution in [0.1, 0.15) is 241 Å². The zero-order valence-corrected chi connectivity index (χ0v) is 58.3. The molecule has 0 amide bonds. The summed E-state index contributed by atoms with van der Waals surface area (Å²) in [7, 11) is 0. The zero-order valence-electron chi connectivity index (χ0n) is 58.3. The van der Waals surface area contributed by atoms with E-state index in [1.807, 2.05) is 0 Å². The highest BCUT2D eigenvalue weighted by Crippen LogP contribution is 2.58. The van der Waals surface area contributed by atoms with E-state index >= 15 is 0 Å². The van der Waals surface area contributed by atoms with E-state index in [9.17, 15) is 0 Å². The van der Waals surface area contributed by atoms with Crippen LogP contribution in [0.5, 0.6) is 0 Å². The van der Waals surface area contributed by atoms with E-state index in [4.69, 9.17) is 0 Å². The number of aryl methyl sites for hydroxylation is 2. The third kappa shape index (κ3) is 13.4. The summed E-state index contributed by atoms with van der Waals surface area (Å²) in [5.74, 6) is 0. The molecule has 0 spiro atoms. The minimum atomic E-state index is -0.108. The van der Waals surface area contributed by atoms with Crippen molar-refractivity contribution in [1.82, 2.24) is 0 Å². The number of hydrogen-bond donors (Lipinski definition) is 0. The predicted octanol–water partition coefficient (Wildman–Crippen LogP) is 29.1. The fourth-order valence-corrected chi connectivity index (χ4v) is 17.6. The molecule has 0 fully saturated rings. The lowest BCUT2D eigenvalue weighted by atomic mass is 9.69. The topological polar surface area (TPSA) is 0 Å². The molecule has 0 unspecified atom stereocenters. The summed E-state index contributed by atoms with van der Waals surface area (Å²) in [6.07, 6.45) is 36.2. The Bertz CT molecular complexity index is 4390. The van der Waals surface area contributed by atoms with Crippen molar-refractivity contribution in [3.8, 4) is 66.8 Å². The molecule has 11 aromatic carbocycles. The van der Waals surface area contributed by atoms with Gasteiger partial charge in [0.25, 0.3) is 0 Å². The fraction of sp³-hybridized carbons (Fsp3) is 0.383. The largest absolute Gasteiger partial charge is 0.0654 e. The van der Waals surface area contributed by atoms with Gasteiger partial charge in [-0.05, 0) is 232 Å². The monoisotopic (exact) mass is 1230 g/mol. The van der Waals surface area contributed by atoms with Gasteiger partial charge in [-0.3, -0.25) is 0 Å². The highest BCUT2D eigenvalue weighted by molar-refractivity contribution is 6.09. The van der Waals surface area contributed by atoms with Gasteiger partial charge in [0, 0.05) is 10.8 Å². The van der Waals surface area contributed by atoms with Gasteiger partial charge in [-0.25, -0.2) is 0 Å². The Morgan fingerprint density at radius 2 is 0.596 bits per heavy atom. The molecule has 0 heterocycles. The van der Waals surface area contributed by atoms with E-state index in [0.717, 1.165) is 0 Å². The van der Waals surface area contributed by atoms with Crippen LogP contribution in [0.25, 0.3) is 110 Å². The van der Waals surface area contributed by atoms with Gasteiger partial charge in [-0.1, -0.05) is 327 Å². The number of benzene rings is 11. The molecule has 0 nitrogen and oxygen atoms in total.